The van der Waals surface area contributed by atoms with Crippen molar-refractivity contribution < 1.29 is 5.11 Å². The van der Waals surface area contributed by atoms with Gasteiger partial charge in [-0.15, -0.1) is 0 Å². The summed E-state index contributed by atoms with van der Waals surface area (Å²) in [6, 6.07) is 0. The van der Waals surface area contributed by atoms with Crippen LogP contribution in [0.4, 0.5) is 0 Å². The van der Waals surface area contributed by atoms with Gasteiger partial charge in [-0.3, -0.25) is 0 Å². The van der Waals surface area contributed by atoms with Gasteiger partial charge < -0.3 is 10.4 Å². The number of benzene rings is 1. The van der Waals surface area contributed by atoms with Crippen LogP contribution in [-0.2, 0) is 0 Å². The van der Waals surface area contributed by atoms with Crippen molar-refractivity contribution in [1.29, 1.82) is 0 Å². The molecular formula is C13H18ClNO. The maximum atomic E-state index is 9.89. The highest BCUT2D eigenvalue weighted by molar-refractivity contribution is 6.33. The van der Waals surface area contributed by atoms with Gasteiger partial charge in [-0.25, -0.2) is 0 Å². The minimum absolute atomic E-state index is 0.242. The lowest BCUT2D eigenvalue weighted by molar-refractivity contribution is 0.469. The number of halogens is 1. The van der Waals surface area contributed by atoms with Crippen LogP contribution in [0, 0.1) is 20.8 Å². The van der Waals surface area contributed by atoms with Crippen molar-refractivity contribution in [3.05, 3.63) is 27.3 Å². The molecule has 16 heavy (non-hydrogen) atoms. The van der Waals surface area contributed by atoms with Crippen LogP contribution < -0.4 is 5.32 Å². The van der Waals surface area contributed by atoms with Gasteiger partial charge in [0.15, 0.2) is 0 Å². The molecule has 0 radical (unpaired) electrons. The van der Waals surface area contributed by atoms with Crippen molar-refractivity contribution in [2.75, 3.05) is 13.1 Å². The van der Waals surface area contributed by atoms with Gasteiger partial charge in [0.25, 0.3) is 0 Å². The van der Waals surface area contributed by atoms with E-state index in [2.05, 4.69) is 12.2 Å². The molecule has 88 valence electrons. The Hall–Kier alpha value is -0.730. The summed E-state index contributed by atoms with van der Waals surface area (Å²) in [4.78, 5) is 0. The molecule has 2 nitrogen and oxygen atoms in total. The highest BCUT2D eigenvalue weighted by atomic mass is 35.5. The quantitative estimate of drug-likeness (QED) is 0.790. The molecule has 0 aliphatic carbocycles. The molecule has 0 amide bonds. The summed E-state index contributed by atoms with van der Waals surface area (Å²) < 4.78 is 0. The van der Waals surface area contributed by atoms with Crippen LogP contribution >= 0.6 is 11.6 Å². The summed E-state index contributed by atoms with van der Waals surface area (Å²) in [6.45, 7) is 8.10. The number of rotatable bonds is 1. The third-order valence-corrected chi connectivity index (χ3v) is 4.19. The van der Waals surface area contributed by atoms with Gasteiger partial charge in [0.1, 0.15) is 5.75 Å². The maximum absolute atomic E-state index is 9.89. The average Bonchev–Trinajstić information content (AvgIpc) is 2.77. The molecule has 1 heterocycles. The Morgan fingerprint density at radius 3 is 2.44 bits per heavy atom. The molecule has 0 spiro atoms. The zero-order chi connectivity index (χ0) is 11.9. The summed E-state index contributed by atoms with van der Waals surface area (Å²) in [7, 11) is 0. The Labute approximate surface area is 102 Å². The zero-order valence-electron chi connectivity index (χ0n) is 10.0. The number of phenols is 1. The van der Waals surface area contributed by atoms with E-state index in [4.69, 9.17) is 11.6 Å². The molecule has 1 aromatic carbocycles. The SMILES string of the molecule is Cc1c(C)c(C2CCNC2)c(C)c(Cl)c1O. The standard InChI is InChI=1S/C13H18ClNO/c1-7-8(2)13(16)12(14)9(3)11(7)10-4-5-15-6-10/h10,15-16H,4-6H2,1-3H3. The molecule has 0 bridgehead atoms. The molecular weight excluding hydrogens is 222 g/mol. The smallest absolute Gasteiger partial charge is 0.137 e. The van der Waals surface area contributed by atoms with Crippen LogP contribution in [0.1, 0.15) is 34.6 Å². The van der Waals surface area contributed by atoms with E-state index in [1.165, 1.54) is 11.1 Å². The second-order valence-corrected chi connectivity index (χ2v) is 5.02. The van der Waals surface area contributed by atoms with Gasteiger partial charge in [-0.1, -0.05) is 11.6 Å². The van der Waals surface area contributed by atoms with E-state index < -0.39 is 0 Å². The first-order valence-electron chi connectivity index (χ1n) is 5.72. The van der Waals surface area contributed by atoms with Gasteiger partial charge in [-0.05, 0) is 61.9 Å². The highest BCUT2D eigenvalue weighted by Crippen LogP contribution is 2.40. The van der Waals surface area contributed by atoms with E-state index in [0.29, 0.717) is 10.9 Å². The second kappa shape index (κ2) is 4.27. The first kappa shape index (κ1) is 11.7. The molecule has 1 aliphatic heterocycles. The molecule has 2 rings (SSSR count). The Kier molecular flexibility index (Phi) is 3.13. The Morgan fingerprint density at radius 2 is 1.88 bits per heavy atom. The van der Waals surface area contributed by atoms with Crippen LogP contribution in [-0.4, -0.2) is 18.2 Å². The molecule has 1 fully saturated rings. The van der Waals surface area contributed by atoms with E-state index in [9.17, 15) is 5.11 Å². The fraction of sp³-hybridized carbons (Fsp3) is 0.538. The predicted octanol–water partition coefficient (Wildman–Crippen LogP) is 3.05. The van der Waals surface area contributed by atoms with Crippen LogP contribution in [0.3, 0.4) is 0 Å². The Balaban J connectivity index is 2.59. The lowest BCUT2D eigenvalue weighted by atomic mass is 9.87. The first-order valence-corrected chi connectivity index (χ1v) is 6.10. The minimum atomic E-state index is 0.242. The van der Waals surface area contributed by atoms with Gasteiger partial charge in [0.05, 0.1) is 5.02 Å². The Bertz CT molecular complexity index is 393. The molecule has 0 saturated carbocycles. The van der Waals surface area contributed by atoms with Crippen LogP contribution in [0.25, 0.3) is 0 Å². The number of aromatic hydroxyl groups is 1. The van der Waals surface area contributed by atoms with E-state index in [-0.39, 0.29) is 5.75 Å². The monoisotopic (exact) mass is 239 g/mol. The summed E-state index contributed by atoms with van der Waals surface area (Å²) in [5.74, 6) is 0.781. The minimum Gasteiger partial charge on any atom is -0.506 e. The van der Waals surface area contributed by atoms with Crippen LogP contribution in [0.15, 0.2) is 0 Å². The third kappa shape index (κ3) is 1.70. The van der Waals surface area contributed by atoms with Gasteiger partial charge in [0.2, 0.25) is 0 Å². The number of phenolic OH excluding ortho intramolecular Hbond substituents is 1. The summed E-state index contributed by atoms with van der Waals surface area (Å²) >= 11 is 6.17. The average molecular weight is 240 g/mol. The highest BCUT2D eigenvalue weighted by Gasteiger charge is 2.24. The fourth-order valence-electron chi connectivity index (χ4n) is 2.63. The molecule has 1 unspecified atom stereocenters. The van der Waals surface area contributed by atoms with Crippen LogP contribution in [0.5, 0.6) is 5.75 Å². The molecule has 2 N–H and O–H groups in total. The van der Waals surface area contributed by atoms with Crippen molar-refractivity contribution in [3.8, 4) is 5.75 Å². The van der Waals surface area contributed by atoms with Gasteiger partial charge >= 0.3 is 0 Å². The largest absolute Gasteiger partial charge is 0.506 e. The van der Waals surface area contributed by atoms with Gasteiger partial charge in [-0.2, -0.15) is 0 Å². The summed E-state index contributed by atoms with van der Waals surface area (Å²) in [5, 5.41) is 13.8. The van der Waals surface area contributed by atoms with Crippen molar-refractivity contribution >= 4 is 11.6 Å². The zero-order valence-corrected chi connectivity index (χ0v) is 10.8. The normalized spacial score (nSPS) is 20.4. The number of hydrogen-bond donors (Lipinski definition) is 2. The molecule has 3 heteroatoms. The lowest BCUT2D eigenvalue weighted by Crippen LogP contribution is -2.10. The molecule has 1 saturated heterocycles. The molecule has 1 atom stereocenters. The lowest BCUT2D eigenvalue weighted by Gasteiger charge is -2.20. The Morgan fingerprint density at radius 1 is 1.19 bits per heavy atom. The number of hydrogen-bond acceptors (Lipinski definition) is 2. The van der Waals surface area contributed by atoms with Gasteiger partial charge in [0, 0.05) is 6.54 Å². The number of nitrogens with one attached hydrogen (secondary N) is 1. The second-order valence-electron chi connectivity index (χ2n) is 4.64. The van der Waals surface area contributed by atoms with Crippen LogP contribution in [0.2, 0.25) is 5.02 Å². The molecule has 1 aliphatic rings. The van der Waals surface area contributed by atoms with E-state index >= 15 is 0 Å². The first-order chi connectivity index (χ1) is 7.54. The van der Waals surface area contributed by atoms with Crippen molar-refractivity contribution in [3.63, 3.8) is 0 Å². The third-order valence-electron chi connectivity index (χ3n) is 3.73. The van der Waals surface area contributed by atoms with Crippen molar-refractivity contribution in [2.45, 2.75) is 33.1 Å². The fourth-order valence-corrected chi connectivity index (χ4v) is 2.88. The molecule has 0 aromatic heterocycles. The summed E-state index contributed by atoms with van der Waals surface area (Å²) in [5.41, 5.74) is 4.46. The van der Waals surface area contributed by atoms with Crippen molar-refractivity contribution in [1.82, 2.24) is 5.32 Å². The predicted molar refractivity (Wildman–Crippen MR) is 67.6 cm³/mol. The molecule has 1 aromatic rings. The van der Waals surface area contributed by atoms with Crippen molar-refractivity contribution in [2.24, 2.45) is 0 Å². The van der Waals surface area contributed by atoms with E-state index in [0.717, 1.165) is 30.6 Å². The summed E-state index contributed by atoms with van der Waals surface area (Å²) in [6.07, 6.45) is 1.15. The maximum Gasteiger partial charge on any atom is 0.137 e. The van der Waals surface area contributed by atoms with E-state index in [1.54, 1.807) is 0 Å². The topological polar surface area (TPSA) is 32.3 Å². The van der Waals surface area contributed by atoms with E-state index in [1.807, 2.05) is 13.8 Å².